The minimum atomic E-state index is -0.756. The summed E-state index contributed by atoms with van der Waals surface area (Å²) in [5.74, 6) is 1.69. The Kier molecular flexibility index (Phi) is 8.39. The van der Waals surface area contributed by atoms with Gasteiger partial charge >= 0.3 is 5.97 Å². The maximum atomic E-state index is 11.7. The molecule has 3 aliphatic rings. The summed E-state index contributed by atoms with van der Waals surface area (Å²) in [5, 5.41) is 13.0. The maximum Gasteiger partial charge on any atom is 0.304 e. The minimum Gasteiger partial charge on any atom is -0.491 e. The Morgan fingerprint density at radius 1 is 1.25 bits per heavy atom. The van der Waals surface area contributed by atoms with Gasteiger partial charge in [0.2, 0.25) is 0 Å². The summed E-state index contributed by atoms with van der Waals surface area (Å²) in [6.45, 7) is 5.19. The monoisotopic (exact) mass is 493 g/mol. The number of hydrogen-bond acceptors (Lipinski definition) is 6. The van der Waals surface area contributed by atoms with Gasteiger partial charge in [0, 0.05) is 37.9 Å². The first kappa shape index (κ1) is 25.0. The highest BCUT2D eigenvalue weighted by molar-refractivity contribution is 5.68. The molecule has 2 aromatic rings. The minimum absolute atomic E-state index is 0.0547. The lowest BCUT2D eigenvalue weighted by Gasteiger charge is -2.24. The number of aliphatic carboxylic acids is 1. The van der Waals surface area contributed by atoms with Gasteiger partial charge in [-0.2, -0.15) is 0 Å². The number of hydrogen-bond donors (Lipinski definition) is 2. The van der Waals surface area contributed by atoms with Gasteiger partial charge in [-0.15, -0.1) is 0 Å². The zero-order valence-electron chi connectivity index (χ0n) is 21.2. The molecule has 7 nitrogen and oxygen atoms in total. The van der Waals surface area contributed by atoms with Gasteiger partial charge in [0.15, 0.2) is 0 Å². The van der Waals surface area contributed by atoms with Crippen LogP contribution in [-0.2, 0) is 22.4 Å². The molecule has 7 heteroatoms. The van der Waals surface area contributed by atoms with Crippen LogP contribution in [0.5, 0.6) is 5.75 Å². The van der Waals surface area contributed by atoms with Crippen LogP contribution in [0.25, 0.3) is 0 Å². The highest BCUT2D eigenvalue weighted by atomic mass is 16.5. The lowest BCUT2D eigenvalue weighted by atomic mass is 9.94. The summed E-state index contributed by atoms with van der Waals surface area (Å²) in [4.78, 5) is 19.0. The number of aryl methyl sites for hydroxylation is 2. The summed E-state index contributed by atoms with van der Waals surface area (Å²) in [7, 11) is 0. The molecule has 2 N–H and O–H groups in total. The van der Waals surface area contributed by atoms with Crippen LogP contribution in [0, 0.1) is 5.92 Å². The van der Waals surface area contributed by atoms with Crippen molar-refractivity contribution in [3.63, 3.8) is 0 Å². The van der Waals surface area contributed by atoms with Crippen molar-refractivity contribution in [3.05, 3.63) is 53.2 Å². The van der Waals surface area contributed by atoms with Gasteiger partial charge in [-0.3, -0.25) is 4.79 Å². The number of nitrogens with zero attached hydrogens (tertiary/aromatic N) is 2. The third kappa shape index (κ3) is 6.77. The van der Waals surface area contributed by atoms with Crippen molar-refractivity contribution in [3.8, 4) is 5.75 Å². The molecule has 2 fully saturated rings. The average molecular weight is 494 g/mol. The van der Waals surface area contributed by atoms with E-state index in [2.05, 4.69) is 22.3 Å². The van der Waals surface area contributed by atoms with Crippen LogP contribution in [-0.4, -0.2) is 66.5 Å². The van der Waals surface area contributed by atoms with E-state index in [4.69, 9.17) is 14.5 Å². The highest BCUT2D eigenvalue weighted by Crippen LogP contribution is 2.29. The first-order chi connectivity index (χ1) is 17.6. The number of carbonyl (C=O) groups is 1. The van der Waals surface area contributed by atoms with Gasteiger partial charge in [0.05, 0.1) is 12.5 Å². The first-order valence-corrected chi connectivity index (χ1v) is 13.6. The zero-order valence-corrected chi connectivity index (χ0v) is 21.2. The van der Waals surface area contributed by atoms with E-state index < -0.39 is 5.97 Å². The van der Waals surface area contributed by atoms with Gasteiger partial charge < -0.3 is 24.8 Å². The average Bonchev–Trinajstić information content (AvgIpc) is 3.58. The second-order valence-corrected chi connectivity index (χ2v) is 10.6. The zero-order chi connectivity index (χ0) is 24.7. The van der Waals surface area contributed by atoms with Crippen LogP contribution < -0.4 is 10.1 Å². The number of benzene rings is 1. The van der Waals surface area contributed by atoms with Gasteiger partial charge in [0.25, 0.3) is 0 Å². The van der Waals surface area contributed by atoms with Gasteiger partial charge in [-0.05, 0) is 86.7 Å². The molecular weight excluding hydrogens is 454 g/mol. The van der Waals surface area contributed by atoms with Crippen molar-refractivity contribution >= 4 is 11.8 Å². The molecule has 2 saturated heterocycles. The maximum absolute atomic E-state index is 11.7. The Morgan fingerprint density at radius 3 is 3.06 bits per heavy atom. The number of carboxylic acids is 1. The SMILES string of the molecule is O=C(O)C[C@@H](CN1CC[C@@H](CCc2ccc3c(n2)NCCC3)C1)c1cccc(OC[C@@H]2CCCO2)c1. The topological polar surface area (TPSA) is 83.9 Å². The van der Waals surface area contributed by atoms with Gasteiger partial charge in [-0.1, -0.05) is 18.2 Å². The molecule has 0 saturated carbocycles. The van der Waals surface area contributed by atoms with Gasteiger partial charge in [0.1, 0.15) is 18.2 Å². The molecule has 0 spiro atoms. The summed E-state index contributed by atoms with van der Waals surface area (Å²) in [6, 6.07) is 12.4. The molecule has 5 rings (SSSR count). The molecule has 0 bridgehead atoms. The summed E-state index contributed by atoms with van der Waals surface area (Å²) >= 11 is 0. The van der Waals surface area contributed by atoms with Crippen molar-refractivity contribution in [2.75, 3.05) is 44.7 Å². The summed E-state index contributed by atoms with van der Waals surface area (Å²) in [6.07, 6.45) is 8.00. The molecule has 0 radical (unpaired) electrons. The van der Waals surface area contributed by atoms with E-state index in [0.717, 1.165) is 88.4 Å². The molecule has 3 atom stereocenters. The molecule has 0 aliphatic carbocycles. The molecular formula is C29H39N3O4. The first-order valence-electron chi connectivity index (χ1n) is 13.6. The smallest absolute Gasteiger partial charge is 0.304 e. The Hall–Kier alpha value is -2.64. The van der Waals surface area contributed by atoms with Crippen LogP contribution in [0.3, 0.4) is 0 Å². The van der Waals surface area contributed by atoms with E-state index in [9.17, 15) is 9.90 Å². The summed E-state index contributed by atoms with van der Waals surface area (Å²) < 4.78 is 11.6. The number of anilines is 1. The Bertz CT molecular complexity index is 1020. The number of likely N-dealkylation sites (tertiary alicyclic amines) is 1. The number of nitrogens with one attached hydrogen (secondary N) is 1. The Morgan fingerprint density at radius 2 is 2.19 bits per heavy atom. The van der Waals surface area contributed by atoms with Crippen LogP contribution in [0.15, 0.2) is 36.4 Å². The number of ether oxygens (including phenoxy) is 2. The third-order valence-corrected chi connectivity index (χ3v) is 7.82. The van der Waals surface area contributed by atoms with E-state index in [1.807, 2.05) is 24.3 Å². The molecule has 4 heterocycles. The fourth-order valence-electron chi connectivity index (χ4n) is 5.81. The second-order valence-electron chi connectivity index (χ2n) is 10.6. The van der Waals surface area contributed by atoms with Crippen molar-refractivity contribution < 1.29 is 19.4 Å². The van der Waals surface area contributed by atoms with E-state index in [0.29, 0.717) is 12.5 Å². The van der Waals surface area contributed by atoms with Crippen molar-refractivity contribution in [2.45, 2.75) is 63.4 Å². The van der Waals surface area contributed by atoms with Gasteiger partial charge in [-0.25, -0.2) is 4.98 Å². The molecule has 1 aromatic carbocycles. The normalized spacial score (nSPS) is 22.7. The third-order valence-electron chi connectivity index (χ3n) is 7.82. The molecule has 194 valence electrons. The van der Waals surface area contributed by atoms with Crippen LogP contribution in [0.4, 0.5) is 5.82 Å². The lowest BCUT2D eigenvalue weighted by Crippen LogP contribution is -2.28. The predicted octanol–water partition coefficient (Wildman–Crippen LogP) is 4.51. The fraction of sp³-hybridized carbons (Fsp3) is 0.586. The van der Waals surface area contributed by atoms with E-state index in [-0.39, 0.29) is 18.4 Å². The fourth-order valence-corrected chi connectivity index (χ4v) is 5.81. The number of pyridine rings is 1. The standard InChI is InChI=1S/C29H39N3O4/c33-28(34)17-24(23-4-1-6-26(16-23)36-20-27-7-3-15-35-27)19-32-14-12-21(18-32)8-10-25-11-9-22-5-2-13-30-29(22)31-25/h1,4,6,9,11,16,21,24,27H,2-3,5,7-8,10,12-15,17-20H2,(H,30,31)(H,33,34)/t21-,24+,27+/m1/s1. The largest absolute Gasteiger partial charge is 0.491 e. The van der Waals surface area contributed by atoms with Crippen LogP contribution in [0.2, 0.25) is 0 Å². The highest BCUT2D eigenvalue weighted by Gasteiger charge is 2.27. The van der Waals surface area contributed by atoms with E-state index >= 15 is 0 Å². The van der Waals surface area contributed by atoms with Crippen molar-refractivity contribution in [1.82, 2.24) is 9.88 Å². The molecule has 0 amide bonds. The number of carboxylic acid groups (broad SMARTS) is 1. The van der Waals surface area contributed by atoms with Crippen molar-refractivity contribution in [1.29, 1.82) is 0 Å². The second kappa shape index (κ2) is 12.1. The molecule has 0 unspecified atom stereocenters. The van der Waals surface area contributed by atoms with Crippen LogP contribution >= 0.6 is 0 Å². The number of aromatic nitrogens is 1. The molecule has 1 aromatic heterocycles. The summed E-state index contributed by atoms with van der Waals surface area (Å²) in [5.41, 5.74) is 3.55. The predicted molar refractivity (Wildman–Crippen MR) is 140 cm³/mol. The molecule has 36 heavy (non-hydrogen) atoms. The van der Waals surface area contributed by atoms with Crippen molar-refractivity contribution in [2.24, 2.45) is 5.92 Å². The van der Waals surface area contributed by atoms with Crippen LogP contribution in [0.1, 0.15) is 61.3 Å². The quantitative estimate of drug-likeness (QED) is 0.476. The molecule has 3 aliphatic heterocycles. The van der Waals surface area contributed by atoms with E-state index in [1.54, 1.807) is 0 Å². The Labute approximate surface area is 214 Å². The van der Waals surface area contributed by atoms with E-state index in [1.165, 1.54) is 17.7 Å². The number of rotatable bonds is 11. The lowest BCUT2D eigenvalue weighted by molar-refractivity contribution is -0.137. The Balaban J connectivity index is 1.14. The number of fused-ring (bicyclic) bond motifs is 1.